The highest BCUT2D eigenvalue weighted by molar-refractivity contribution is 5.93. The average molecular weight is 283 g/mol. The van der Waals surface area contributed by atoms with Crippen molar-refractivity contribution in [3.8, 4) is 5.75 Å². The number of carbonyl (C=O) groups is 1. The van der Waals surface area contributed by atoms with Crippen LogP contribution in [0.1, 0.15) is 17.7 Å². The van der Waals surface area contributed by atoms with Gasteiger partial charge in [-0.15, -0.1) is 0 Å². The maximum Gasteiger partial charge on any atom is 0.227 e. The van der Waals surface area contributed by atoms with Gasteiger partial charge in [0, 0.05) is 42.9 Å². The van der Waals surface area contributed by atoms with E-state index in [1.165, 1.54) is 5.56 Å². The molecule has 21 heavy (non-hydrogen) atoms. The molecule has 2 aliphatic rings. The third kappa shape index (κ3) is 2.28. The second-order valence-corrected chi connectivity index (χ2v) is 5.68. The molecular weight excluding hydrogens is 266 g/mol. The van der Waals surface area contributed by atoms with E-state index in [1.54, 1.807) is 0 Å². The number of rotatable bonds is 2. The Bertz CT molecular complexity index is 693. The van der Waals surface area contributed by atoms with E-state index in [9.17, 15) is 4.79 Å². The number of nitrogens with one attached hydrogen (secondary N) is 1. The molecule has 5 heteroatoms. The minimum atomic E-state index is 0.0266. The molecule has 0 saturated carbocycles. The molecule has 1 unspecified atom stereocenters. The first-order chi connectivity index (χ1) is 10.3. The molecule has 0 radical (unpaired) electrons. The van der Waals surface area contributed by atoms with Crippen molar-refractivity contribution in [3.63, 3.8) is 0 Å². The lowest BCUT2D eigenvalue weighted by Crippen LogP contribution is -2.29. The van der Waals surface area contributed by atoms with E-state index in [2.05, 4.69) is 14.9 Å². The van der Waals surface area contributed by atoms with Crippen molar-refractivity contribution in [1.82, 2.24) is 9.55 Å². The van der Waals surface area contributed by atoms with E-state index in [-0.39, 0.29) is 11.8 Å². The molecule has 3 heterocycles. The van der Waals surface area contributed by atoms with Gasteiger partial charge in [-0.25, -0.2) is 4.98 Å². The van der Waals surface area contributed by atoms with Crippen molar-refractivity contribution in [1.29, 1.82) is 0 Å². The lowest BCUT2D eigenvalue weighted by Gasteiger charge is -2.23. The molecule has 1 amide bonds. The fourth-order valence-electron chi connectivity index (χ4n) is 3.10. The molecule has 4 rings (SSSR count). The molecule has 1 aromatic carbocycles. The van der Waals surface area contributed by atoms with Gasteiger partial charge in [0.15, 0.2) is 0 Å². The summed E-state index contributed by atoms with van der Waals surface area (Å²) in [4.78, 5) is 16.6. The van der Waals surface area contributed by atoms with Crippen molar-refractivity contribution in [2.45, 2.75) is 25.8 Å². The Kier molecular flexibility index (Phi) is 2.91. The van der Waals surface area contributed by atoms with E-state index in [4.69, 9.17) is 4.74 Å². The van der Waals surface area contributed by atoms with Gasteiger partial charge in [-0.1, -0.05) is 0 Å². The van der Waals surface area contributed by atoms with Crippen LogP contribution in [0.3, 0.4) is 0 Å². The number of benzene rings is 1. The normalized spacial score (nSPS) is 19.5. The highest BCUT2D eigenvalue weighted by Crippen LogP contribution is 2.28. The van der Waals surface area contributed by atoms with Gasteiger partial charge in [0.05, 0.1) is 12.9 Å². The summed E-state index contributed by atoms with van der Waals surface area (Å²) >= 11 is 0. The minimum absolute atomic E-state index is 0.0266. The maximum absolute atomic E-state index is 12.4. The Labute approximate surface area is 122 Å². The zero-order chi connectivity index (χ0) is 14.2. The molecule has 0 spiro atoms. The number of fused-ring (bicyclic) bond motifs is 2. The largest absolute Gasteiger partial charge is 0.493 e. The van der Waals surface area contributed by atoms with E-state index in [0.29, 0.717) is 0 Å². The molecule has 2 aliphatic heterocycles. The highest BCUT2D eigenvalue weighted by Gasteiger charge is 2.25. The fourth-order valence-corrected chi connectivity index (χ4v) is 3.10. The summed E-state index contributed by atoms with van der Waals surface area (Å²) in [6.45, 7) is 1.60. The van der Waals surface area contributed by atoms with Crippen molar-refractivity contribution in [2.75, 3.05) is 11.9 Å². The first kappa shape index (κ1) is 12.4. The van der Waals surface area contributed by atoms with Crippen LogP contribution in [0.15, 0.2) is 30.7 Å². The van der Waals surface area contributed by atoms with E-state index >= 15 is 0 Å². The Morgan fingerprint density at radius 1 is 1.43 bits per heavy atom. The summed E-state index contributed by atoms with van der Waals surface area (Å²) < 4.78 is 7.60. The van der Waals surface area contributed by atoms with E-state index in [1.807, 2.05) is 30.7 Å². The van der Waals surface area contributed by atoms with Crippen LogP contribution in [0.25, 0.3) is 0 Å². The second-order valence-electron chi connectivity index (χ2n) is 5.68. The number of ether oxygens (including phenoxy) is 1. The van der Waals surface area contributed by atoms with Gasteiger partial charge in [0.25, 0.3) is 0 Å². The summed E-state index contributed by atoms with van der Waals surface area (Å²) in [6.07, 6.45) is 6.24. The van der Waals surface area contributed by atoms with Crippen LogP contribution in [0.4, 0.5) is 5.69 Å². The first-order valence-electron chi connectivity index (χ1n) is 7.35. The number of imidazole rings is 1. The number of aryl methyl sites for hydroxylation is 1. The number of hydrogen-bond donors (Lipinski definition) is 1. The quantitative estimate of drug-likeness (QED) is 0.917. The summed E-state index contributed by atoms with van der Waals surface area (Å²) in [6, 6.07) is 5.87. The topological polar surface area (TPSA) is 56.1 Å². The molecule has 108 valence electrons. The van der Waals surface area contributed by atoms with E-state index < -0.39 is 0 Å². The lowest BCUT2D eigenvalue weighted by atomic mass is 9.95. The molecule has 0 aliphatic carbocycles. The zero-order valence-electron chi connectivity index (χ0n) is 11.7. The van der Waals surface area contributed by atoms with Crippen molar-refractivity contribution >= 4 is 11.6 Å². The Morgan fingerprint density at radius 2 is 2.38 bits per heavy atom. The summed E-state index contributed by atoms with van der Waals surface area (Å²) in [7, 11) is 0. The number of aromatic nitrogens is 2. The Hall–Kier alpha value is -2.30. The lowest BCUT2D eigenvalue weighted by molar-refractivity contribution is -0.120. The summed E-state index contributed by atoms with van der Waals surface area (Å²) in [5.41, 5.74) is 3.18. The highest BCUT2D eigenvalue weighted by atomic mass is 16.5. The van der Waals surface area contributed by atoms with E-state index in [0.717, 1.165) is 49.5 Å². The SMILES string of the molecule is O=C(Nc1ccc2c(c1)CCO2)C1CCn2cncc2C1. The molecule has 1 N–H and O–H groups in total. The van der Waals surface area contributed by atoms with Crippen LogP contribution in [-0.4, -0.2) is 22.1 Å². The smallest absolute Gasteiger partial charge is 0.227 e. The predicted molar refractivity (Wildman–Crippen MR) is 78.3 cm³/mol. The van der Waals surface area contributed by atoms with Crippen molar-refractivity contribution in [3.05, 3.63) is 42.0 Å². The summed E-state index contributed by atoms with van der Waals surface area (Å²) in [5, 5.41) is 3.04. The molecule has 0 saturated heterocycles. The van der Waals surface area contributed by atoms with Crippen molar-refractivity contribution < 1.29 is 9.53 Å². The van der Waals surface area contributed by atoms with Gasteiger partial charge in [-0.05, 0) is 30.2 Å². The molecule has 5 nitrogen and oxygen atoms in total. The maximum atomic E-state index is 12.4. The van der Waals surface area contributed by atoms with Crippen LogP contribution in [-0.2, 0) is 24.2 Å². The second kappa shape index (κ2) is 4.91. The third-order valence-electron chi connectivity index (χ3n) is 4.30. The molecule has 0 bridgehead atoms. The zero-order valence-corrected chi connectivity index (χ0v) is 11.7. The molecule has 2 aromatic rings. The van der Waals surface area contributed by atoms with Gasteiger partial charge in [-0.3, -0.25) is 4.79 Å². The van der Waals surface area contributed by atoms with Gasteiger partial charge in [-0.2, -0.15) is 0 Å². The summed E-state index contributed by atoms with van der Waals surface area (Å²) in [5.74, 6) is 1.06. The van der Waals surface area contributed by atoms with Crippen LogP contribution in [0.2, 0.25) is 0 Å². The molecule has 1 atom stereocenters. The fraction of sp³-hybridized carbons (Fsp3) is 0.375. The van der Waals surface area contributed by atoms with Gasteiger partial charge in [0.2, 0.25) is 5.91 Å². The van der Waals surface area contributed by atoms with Crippen LogP contribution >= 0.6 is 0 Å². The number of hydrogen-bond acceptors (Lipinski definition) is 3. The molecular formula is C16H17N3O2. The molecule has 0 fully saturated rings. The van der Waals surface area contributed by atoms with Gasteiger partial charge < -0.3 is 14.6 Å². The predicted octanol–water partition coefficient (Wildman–Crippen LogP) is 2.02. The number of amides is 1. The Balaban J connectivity index is 1.47. The van der Waals surface area contributed by atoms with Crippen LogP contribution < -0.4 is 10.1 Å². The van der Waals surface area contributed by atoms with Crippen LogP contribution in [0.5, 0.6) is 5.75 Å². The number of anilines is 1. The molecule has 1 aromatic heterocycles. The van der Waals surface area contributed by atoms with Crippen molar-refractivity contribution in [2.24, 2.45) is 5.92 Å². The minimum Gasteiger partial charge on any atom is -0.493 e. The number of carbonyl (C=O) groups excluding carboxylic acids is 1. The standard InChI is InChI=1S/C16H17N3O2/c20-16(12-3-5-19-10-17-9-14(19)8-12)18-13-1-2-15-11(7-13)4-6-21-15/h1-2,7,9-10,12H,3-6,8H2,(H,18,20). The van der Waals surface area contributed by atoms with Crippen LogP contribution in [0, 0.1) is 5.92 Å². The average Bonchev–Trinajstić information content (AvgIpc) is 3.14. The third-order valence-corrected chi connectivity index (χ3v) is 4.30. The monoisotopic (exact) mass is 283 g/mol. The number of nitrogens with zero attached hydrogens (tertiary/aromatic N) is 2. The van der Waals surface area contributed by atoms with Gasteiger partial charge >= 0.3 is 0 Å². The van der Waals surface area contributed by atoms with Gasteiger partial charge in [0.1, 0.15) is 5.75 Å². The first-order valence-corrected chi connectivity index (χ1v) is 7.35. The Morgan fingerprint density at radius 3 is 3.33 bits per heavy atom.